The lowest BCUT2D eigenvalue weighted by atomic mass is 9.95. The van der Waals surface area contributed by atoms with Crippen LogP contribution in [-0.4, -0.2) is 29.5 Å². The second kappa shape index (κ2) is 8.23. The molecule has 0 spiro atoms. The molecule has 1 aliphatic carbocycles. The summed E-state index contributed by atoms with van der Waals surface area (Å²) in [4.78, 5) is 27.6. The Hall–Kier alpha value is -1.89. The summed E-state index contributed by atoms with van der Waals surface area (Å²) in [5, 5.41) is 1.17. The Morgan fingerprint density at radius 3 is 2.75 bits per heavy atom. The summed E-state index contributed by atoms with van der Waals surface area (Å²) >= 11 is 7.93. The van der Waals surface area contributed by atoms with Crippen molar-refractivity contribution >= 4 is 34.9 Å². The standard InChI is InChI=1S/C21H22ClNO4S/c1-13(24)26-19-11-14-12-23(10-9-18(14)28-19)20(16-7-2-3-8-17(16)22)21(25)27-15-5-4-6-15/h2-3,7-8,11,15,20H,4-6,9-10,12H2,1H3. The van der Waals surface area contributed by atoms with E-state index in [-0.39, 0.29) is 18.0 Å². The van der Waals surface area contributed by atoms with Crippen molar-refractivity contribution in [3.63, 3.8) is 0 Å². The smallest absolute Gasteiger partial charge is 0.328 e. The lowest BCUT2D eigenvalue weighted by Crippen LogP contribution is -2.40. The topological polar surface area (TPSA) is 55.8 Å². The molecule has 0 bridgehead atoms. The molecule has 5 nitrogen and oxygen atoms in total. The maximum atomic E-state index is 13.1. The fraction of sp³-hybridized carbons (Fsp3) is 0.429. The molecule has 2 heterocycles. The predicted octanol–water partition coefficient (Wildman–Crippen LogP) is 4.52. The molecule has 0 saturated heterocycles. The molecule has 0 radical (unpaired) electrons. The largest absolute Gasteiger partial charge is 0.461 e. The Morgan fingerprint density at radius 1 is 1.29 bits per heavy atom. The minimum Gasteiger partial charge on any atom is -0.461 e. The number of hydrogen-bond donors (Lipinski definition) is 0. The van der Waals surface area contributed by atoms with Gasteiger partial charge in [-0.05, 0) is 48.9 Å². The van der Waals surface area contributed by atoms with Gasteiger partial charge in [-0.1, -0.05) is 29.8 Å². The average molecular weight is 420 g/mol. The normalized spacial score (nSPS) is 18.1. The molecule has 148 valence electrons. The number of carbonyl (C=O) groups excluding carboxylic acids is 2. The Morgan fingerprint density at radius 2 is 2.07 bits per heavy atom. The van der Waals surface area contributed by atoms with Crippen LogP contribution in [0.3, 0.4) is 0 Å². The Bertz CT molecular complexity index is 892. The van der Waals surface area contributed by atoms with Gasteiger partial charge in [0.15, 0.2) is 5.06 Å². The first-order valence-electron chi connectivity index (χ1n) is 9.50. The highest BCUT2D eigenvalue weighted by molar-refractivity contribution is 7.14. The van der Waals surface area contributed by atoms with E-state index in [4.69, 9.17) is 21.1 Å². The van der Waals surface area contributed by atoms with E-state index in [9.17, 15) is 9.59 Å². The van der Waals surface area contributed by atoms with Gasteiger partial charge < -0.3 is 9.47 Å². The summed E-state index contributed by atoms with van der Waals surface area (Å²) in [7, 11) is 0. The number of thiophene rings is 1. The molecule has 2 aromatic rings. The number of esters is 2. The Balaban J connectivity index is 1.59. The van der Waals surface area contributed by atoms with Gasteiger partial charge in [-0.15, -0.1) is 11.3 Å². The van der Waals surface area contributed by atoms with E-state index in [1.165, 1.54) is 23.1 Å². The van der Waals surface area contributed by atoms with Crippen molar-refractivity contribution < 1.29 is 19.1 Å². The zero-order valence-electron chi connectivity index (χ0n) is 15.7. The molecule has 2 aliphatic rings. The third-order valence-electron chi connectivity index (χ3n) is 5.24. The fourth-order valence-corrected chi connectivity index (χ4v) is 4.92. The summed E-state index contributed by atoms with van der Waals surface area (Å²) in [6.45, 7) is 2.69. The van der Waals surface area contributed by atoms with E-state index >= 15 is 0 Å². The van der Waals surface area contributed by atoms with Crippen molar-refractivity contribution in [2.45, 2.75) is 51.3 Å². The van der Waals surface area contributed by atoms with E-state index < -0.39 is 6.04 Å². The number of hydrogen-bond acceptors (Lipinski definition) is 6. The van der Waals surface area contributed by atoms with Crippen molar-refractivity contribution in [1.29, 1.82) is 0 Å². The van der Waals surface area contributed by atoms with Crippen LogP contribution in [0.25, 0.3) is 0 Å². The van der Waals surface area contributed by atoms with Gasteiger partial charge in [0.25, 0.3) is 0 Å². The summed E-state index contributed by atoms with van der Waals surface area (Å²) in [5.74, 6) is -0.565. The van der Waals surface area contributed by atoms with Crippen LogP contribution >= 0.6 is 22.9 Å². The minimum atomic E-state index is -0.542. The third-order valence-corrected chi connectivity index (χ3v) is 6.70. The Kier molecular flexibility index (Phi) is 5.71. The van der Waals surface area contributed by atoms with E-state index in [0.29, 0.717) is 23.2 Å². The number of ether oxygens (including phenoxy) is 2. The monoisotopic (exact) mass is 419 g/mol. The van der Waals surface area contributed by atoms with Crippen molar-refractivity contribution in [2.75, 3.05) is 6.54 Å². The highest BCUT2D eigenvalue weighted by Gasteiger charge is 2.35. The van der Waals surface area contributed by atoms with Crippen LogP contribution in [0.4, 0.5) is 0 Å². The third kappa shape index (κ3) is 4.09. The van der Waals surface area contributed by atoms with Crippen molar-refractivity contribution in [2.24, 2.45) is 0 Å². The molecule has 0 N–H and O–H groups in total. The maximum Gasteiger partial charge on any atom is 0.328 e. The van der Waals surface area contributed by atoms with Crippen LogP contribution in [0, 0.1) is 0 Å². The zero-order valence-corrected chi connectivity index (χ0v) is 17.2. The molecule has 28 heavy (non-hydrogen) atoms. The Labute approximate surface area is 173 Å². The number of rotatable bonds is 5. The molecule has 1 saturated carbocycles. The van der Waals surface area contributed by atoms with E-state index in [0.717, 1.165) is 36.8 Å². The summed E-state index contributed by atoms with van der Waals surface area (Å²) in [5.41, 5.74) is 1.85. The summed E-state index contributed by atoms with van der Waals surface area (Å²) in [6.07, 6.45) is 3.78. The molecule has 1 unspecified atom stereocenters. The molecule has 1 atom stereocenters. The molecule has 1 fully saturated rings. The summed E-state index contributed by atoms with van der Waals surface area (Å²) in [6, 6.07) is 8.80. The molecule has 0 amide bonds. The van der Waals surface area contributed by atoms with E-state index in [2.05, 4.69) is 4.90 Å². The number of halogens is 1. The van der Waals surface area contributed by atoms with Gasteiger partial charge in [0.2, 0.25) is 0 Å². The average Bonchev–Trinajstić information content (AvgIpc) is 3.01. The first-order chi connectivity index (χ1) is 13.5. The molecular weight excluding hydrogens is 398 g/mol. The van der Waals surface area contributed by atoms with Crippen LogP contribution < -0.4 is 4.74 Å². The number of carbonyl (C=O) groups is 2. The van der Waals surface area contributed by atoms with Crippen LogP contribution in [0.2, 0.25) is 5.02 Å². The van der Waals surface area contributed by atoms with E-state index in [1.54, 1.807) is 6.07 Å². The number of benzene rings is 1. The van der Waals surface area contributed by atoms with Crippen LogP contribution in [-0.2, 0) is 27.3 Å². The first-order valence-corrected chi connectivity index (χ1v) is 10.7. The molecular formula is C21H22ClNO4S. The molecule has 1 aromatic heterocycles. The van der Waals surface area contributed by atoms with Gasteiger partial charge in [0.1, 0.15) is 12.1 Å². The molecule has 1 aromatic carbocycles. The fourth-order valence-electron chi connectivity index (χ4n) is 3.63. The lowest BCUT2D eigenvalue weighted by molar-refractivity contribution is -0.160. The van der Waals surface area contributed by atoms with Crippen LogP contribution in [0.1, 0.15) is 48.2 Å². The molecule has 7 heteroatoms. The van der Waals surface area contributed by atoms with Crippen molar-refractivity contribution in [1.82, 2.24) is 4.90 Å². The van der Waals surface area contributed by atoms with Gasteiger partial charge in [-0.25, -0.2) is 4.79 Å². The van der Waals surface area contributed by atoms with Gasteiger partial charge in [0.05, 0.1) is 0 Å². The second-order valence-corrected chi connectivity index (χ2v) is 8.75. The van der Waals surface area contributed by atoms with Crippen molar-refractivity contribution in [3.05, 3.63) is 51.4 Å². The molecule has 4 rings (SSSR count). The number of nitrogens with zero attached hydrogens (tertiary/aromatic N) is 1. The van der Waals surface area contributed by atoms with Gasteiger partial charge in [-0.2, -0.15) is 0 Å². The SMILES string of the molecule is CC(=O)Oc1cc2c(s1)CCN(C(C(=O)OC1CCC1)c1ccccc1Cl)C2. The number of fused-ring (bicyclic) bond motifs is 1. The minimum absolute atomic E-state index is 0.0227. The highest BCUT2D eigenvalue weighted by Crippen LogP contribution is 2.38. The first kappa shape index (κ1) is 19.4. The van der Waals surface area contributed by atoms with Gasteiger partial charge in [-0.3, -0.25) is 9.69 Å². The summed E-state index contributed by atoms with van der Waals surface area (Å²) < 4.78 is 11.0. The quantitative estimate of drug-likeness (QED) is 0.667. The molecule has 1 aliphatic heterocycles. The second-order valence-electron chi connectivity index (χ2n) is 7.24. The lowest BCUT2D eigenvalue weighted by Gasteiger charge is -2.35. The predicted molar refractivity (Wildman–Crippen MR) is 108 cm³/mol. The van der Waals surface area contributed by atoms with Gasteiger partial charge >= 0.3 is 11.9 Å². The van der Waals surface area contributed by atoms with E-state index in [1.807, 2.05) is 24.3 Å². The highest BCUT2D eigenvalue weighted by atomic mass is 35.5. The zero-order chi connectivity index (χ0) is 19.7. The van der Waals surface area contributed by atoms with Crippen LogP contribution in [0.5, 0.6) is 5.06 Å². The van der Waals surface area contributed by atoms with Crippen LogP contribution in [0.15, 0.2) is 30.3 Å². The van der Waals surface area contributed by atoms with Gasteiger partial charge in [0, 0.05) is 29.9 Å². The van der Waals surface area contributed by atoms with Crippen molar-refractivity contribution in [3.8, 4) is 5.06 Å². The maximum absolute atomic E-state index is 13.1.